The number of nitrogens with zero attached hydrogens (tertiary/aromatic N) is 3. The van der Waals surface area contributed by atoms with E-state index in [-0.39, 0.29) is 5.91 Å². The van der Waals surface area contributed by atoms with Gasteiger partial charge in [0.1, 0.15) is 0 Å². The molecule has 2 aromatic carbocycles. The van der Waals surface area contributed by atoms with Gasteiger partial charge in [-0.05, 0) is 55.5 Å². The largest absolute Gasteiger partial charge is 0.461 e. The van der Waals surface area contributed by atoms with E-state index in [2.05, 4.69) is 15.5 Å². The van der Waals surface area contributed by atoms with Crippen LogP contribution in [0.25, 0.3) is 17.3 Å². The molecule has 4 aromatic rings. The predicted octanol–water partition coefficient (Wildman–Crippen LogP) is 5.30. The zero-order chi connectivity index (χ0) is 20.2. The second kappa shape index (κ2) is 8.55. The van der Waals surface area contributed by atoms with E-state index in [1.54, 1.807) is 36.6 Å². The van der Waals surface area contributed by atoms with Crippen molar-refractivity contribution in [1.29, 1.82) is 0 Å². The van der Waals surface area contributed by atoms with Gasteiger partial charge in [-0.25, -0.2) is 0 Å². The van der Waals surface area contributed by atoms with Crippen molar-refractivity contribution in [2.75, 3.05) is 5.32 Å². The van der Waals surface area contributed by atoms with E-state index in [9.17, 15) is 4.79 Å². The van der Waals surface area contributed by atoms with E-state index < -0.39 is 5.25 Å². The number of hydrogen-bond donors (Lipinski definition) is 1. The van der Waals surface area contributed by atoms with Crippen molar-refractivity contribution < 1.29 is 9.21 Å². The van der Waals surface area contributed by atoms with Crippen molar-refractivity contribution >= 4 is 35.0 Å². The summed E-state index contributed by atoms with van der Waals surface area (Å²) in [4.78, 5) is 12.6. The normalized spacial score (nSPS) is 11.9. The van der Waals surface area contributed by atoms with Gasteiger partial charge in [-0.3, -0.25) is 9.36 Å². The Labute approximate surface area is 176 Å². The van der Waals surface area contributed by atoms with Gasteiger partial charge >= 0.3 is 0 Å². The quantitative estimate of drug-likeness (QED) is 0.425. The van der Waals surface area contributed by atoms with Crippen LogP contribution in [0.3, 0.4) is 0 Å². The Morgan fingerprint density at radius 2 is 1.83 bits per heavy atom. The highest BCUT2D eigenvalue weighted by Gasteiger charge is 2.22. The summed E-state index contributed by atoms with van der Waals surface area (Å²) in [5, 5.41) is 12.3. The second-order valence-electron chi connectivity index (χ2n) is 6.21. The lowest BCUT2D eigenvalue weighted by molar-refractivity contribution is -0.115. The molecule has 1 N–H and O–H groups in total. The SMILES string of the molecule is CC(Sc1nnc(-c2ccco2)n1-c1ccccc1)C(=O)Nc1ccc(Cl)cc1. The Morgan fingerprint density at radius 3 is 2.52 bits per heavy atom. The number of halogens is 1. The number of hydrogen-bond acceptors (Lipinski definition) is 5. The molecule has 0 saturated carbocycles. The van der Waals surface area contributed by atoms with Crippen LogP contribution in [-0.4, -0.2) is 25.9 Å². The van der Waals surface area contributed by atoms with Crippen molar-refractivity contribution in [3.63, 3.8) is 0 Å². The van der Waals surface area contributed by atoms with Crippen LogP contribution in [0.1, 0.15) is 6.92 Å². The average molecular weight is 425 g/mol. The second-order valence-corrected chi connectivity index (χ2v) is 7.96. The van der Waals surface area contributed by atoms with Crippen molar-refractivity contribution in [3.05, 3.63) is 78.0 Å². The smallest absolute Gasteiger partial charge is 0.237 e. The van der Waals surface area contributed by atoms with Crippen molar-refractivity contribution in [2.45, 2.75) is 17.3 Å². The van der Waals surface area contributed by atoms with Crippen LogP contribution in [0, 0.1) is 0 Å². The van der Waals surface area contributed by atoms with Gasteiger partial charge in [-0.15, -0.1) is 10.2 Å². The highest BCUT2D eigenvalue weighted by Crippen LogP contribution is 2.30. The van der Waals surface area contributed by atoms with Crippen molar-refractivity contribution in [2.24, 2.45) is 0 Å². The number of rotatable bonds is 6. The first kappa shape index (κ1) is 19.3. The molecule has 0 aliphatic heterocycles. The molecule has 2 heterocycles. The average Bonchev–Trinajstić information content (AvgIpc) is 3.40. The monoisotopic (exact) mass is 424 g/mol. The molecule has 29 heavy (non-hydrogen) atoms. The first-order chi connectivity index (χ1) is 14.1. The molecule has 0 saturated heterocycles. The Hall–Kier alpha value is -3.03. The fourth-order valence-electron chi connectivity index (χ4n) is 2.71. The van der Waals surface area contributed by atoms with E-state index >= 15 is 0 Å². The Bertz CT molecular complexity index is 1100. The predicted molar refractivity (Wildman–Crippen MR) is 114 cm³/mol. The summed E-state index contributed by atoms with van der Waals surface area (Å²) in [5.41, 5.74) is 1.57. The summed E-state index contributed by atoms with van der Waals surface area (Å²) in [6, 6.07) is 20.3. The number of thioether (sulfide) groups is 1. The third-order valence-electron chi connectivity index (χ3n) is 4.15. The highest BCUT2D eigenvalue weighted by atomic mass is 35.5. The molecular weight excluding hydrogens is 408 g/mol. The van der Waals surface area contributed by atoms with Gasteiger partial charge in [-0.1, -0.05) is 41.6 Å². The van der Waals surface area contributed by atoms with Gasteiger partial charge in [0.15, 0.2) is 10.9 Å². The molecule has 0 aliphatic rings. The number of aromatic nitrogens is 3. The summed E-state index contributed by atoms with van der Waals surface area (Å²) in [6.45, 7) is 1.83. The molecule has 4 rings (SSSR count). The molecule has 0 spiro atoms. The lowest BCUT2D eigenvalue weighted by Crippen LogP contribution is -2.22. The maximum absolute atomic E-state index is 12.6. The third-order valence-corrected chi connectivity index (χ3v) is 5.45. The van der Waals surface area contributed by atoms with Crippen LogP contribution in [0.15, 0.2) is 82.6 Å². The van der Waals surface area contributed by atoms with E-state index in [1.165, 1.54) is 11.8 Å². The molecule has 0 aliphatic carbocycles. The molecular formula is C21H17ClN4O2S. The Kier molecular flexibility index (Phi) is 5.69. The van der Waals surface area contributed by atoms with E-state index in [0.717, 1.165) is 5.69 Å². The molecule has 1 amide bonds. The number of carbonyl (C=O) groups excluding carboxylic acids is 1. The van der Waals surface area contributed by atoms with E-state index in [4.69, 9.17) is 16.0 Å². The van der Waals surface area contributed by atoms with Crippen molar-refractivity contribution in [3.8, 4) is 17.3 Å². The van der Waals surface area contributed by atoms with Crippen LogP contribution >= 0.6 is 23.4 Å². The van der Waals surface area contributed by atoms with Gasteiger partial charge in [-0.2, -0.15) is 0 Å². The van der Waals surface area contributed by atoms with Gasteiger partial charge in [0.25, 0.3) is 0 Å². The van der Waals surface area contributed by atoms with E-state index in [0.29, 0.717) is 27.5 Å². The highest BCUT2D eigenvalue weighted by molar-refractivity contribution is 8.00. The molecule has 8 heteroatoms. The van der Waals surface area contributed by atoms with Crippen LogP contribution in [0.5, 0.6) is 0 Å². The maximum atomic E-state index is 12.6. The number of nitrogens with one attached hydrogen (secondary N) is 1. The maximum Gasteiger partial charge on any atom is 0.237 e. The van der Waals surface area contributed by atoms with Crippen molar-refractivity contribution in [1.82, 2.24) is 14.8 Å². The fourth-order valence-corrected chi connectivity index (χ4v) is 3.70. The summed E-state index contributed by atoms with van der Waals surface area (Å²) in [5.74, 6) is 1.04. The summed E-state index contributed by atoms with van der Waals surface area (Å²) < 4.78 is 7.40. The number of carbonyl (C=O) groups is 1. The summed E-state index contributed by atoms with van der Waals surface area (Å²) >= 11 is 7.22. The zero-order valence-corrected chi connectivity index (χ0v) is 17.0. The van der Waals surface area contributed by atoms with Crippen LogP contribution in [-0.2, 0) is 4.79 Å². The zero-order valence-electron chi connectivity index (χ0n) is 15.4. The topological polar surface area (TPSA) is 73.0 Å². The molecule has 146 valence electrons. The van der Waals surface area contributed by atoms with Gasteiger partial charge in [0.2, 0.25) is 11.7 Å². The first-order valence-electron chi connectivity index (χ1n) is 8.89. The molecule has 0 radical (unpaired) electrons. The minimum absolute atomic E-state index is 0.139. The molecule has 2 aromatic heterocycles. The van der Waals surface area contributed by atoms with Crippen LogP contribution in [0.2, 0.25) is 5.02 Å². The van der Waals surface area contributed by atoms with Crippen LogP contribution < -0.4 is 5.32 Å². The summed E-state index contributed by atoms with van der Waals surface area (Å²) in [6.07, 6.45) is 1.59. The number of benzene rings is 2. The number of para-hydroxylation sites is 1. The summed E-state index contributed by atoms with van der Waals surface area (Å²) in [7, 11) is 0. The van der Waals surface area contributed by atoms with Gasteiger partial charge in [0.05, 0.1) is 11.5 Å². The minimum Gasteiger partial charge on any atom is -0.461 e. The first-order valence-corrected chi connectivity index (χ1v) is 10.2. The number of amides is 1. The lowest BCUT2D eigenvalue weighted by Gasteiger charge is -2.13. The van der Waals surface area contributed by atoms with Crippen LogP contribution in [0.4, 0.5) is 5.69 Å². The van der Waals surface area contributed by atoms with Gasteiger partial charge < -0.3 is 9.73 Å². The fraction of sp³-hybridized carbons (Fsp3) is 0.0952. The number of anilines is 1. The van der Waals surface area contributed by atoms with E-state index in [1.807, 2.05) is 47.9 Å². The minimum atomic E-state index is -0.401. The molecule has 6 nitrogen and oxygen atoms in total. The molecule has 0 fully saturated rings. The molecule has 1 atom stereocenters. The Balaban J connectivity index is 1.59. The third kappa shape index (κ3) is 4.36. The number of furan rings is 1. The van der Waals surface area contributed by atoms with Gasteiger partial charge in [0, 0.05) is 16.4 Å². The standard InChI is InChI=1S/C21H17ClN4O2S/c1-14(20(27)23-16-11-9-15(22)10-12-16)29-21-25-24-19(18-8-5-13-28-18)26(21)17-6-3-2-4-7-17/h2-14H,1H3,(H,23,27). The Morgan fingerprint density at radius 1 is 1.07 bits per heavy atom. The molecule has 1 unspecified atom stereocenters. The molecule has 0 bridgehead atoms. The lowest BCUT2D eigenvalue weighted by atomic mass is 10.3.